The second-order valence-corrected chi connectivity index (χ2v) is 7.67. The maximum atomic E-state index is 12.5. The van der Waals surface area contributed by atoms with E-state index in [9.17, 15) is 13.2 Å². The molecule has 0 bridgehead atoms. The molecule has 2 heterocycles. The molecular weight excluding hydrogens is 304 g/mol. The van der Waals surface area contributed by atoms with Crippen molar-refractivity contribution in [1.29, 1.82) is 0 Å². The van der Waals surface area contributed by atoms with Gasteiger partial charge >= 0.3 is 0 Å². The van der Waals surface area contributed by atoms with Crippen molar-refractivity contribution in [3.05, 3.63) is 29.3 Å². The van der Waals surface area contributed by atoms with Crippen molar-refractivity contribution >= 4 is 15.9 Å². The number of benzene rings is 1. The second-order valence-electron chi connectivity index (χ2n) is 6.01. The van der Waals surface area contributed by atoms with Gasteiger partial charge in [-0.25, -0.2) is 13.6 Å². The minimum absolute atomic E-state index is 0.0507. The molecule has 3 rings (SSSR count). The Morgan fingerprint density at radius 2 is 2.23 bits per heavy atom. The van der Waals surface area contributed by atoms with Gasteiger partial charge in [0.15, 0.2) is 0 Å². The van der Waals surface area contributed by atoms with Crippen LogP contribution in [0.1, 0.15) is 28.8 Å². The summed E-state index contributed by atoms with van der Waals surface area (Å²) in [6, 6.07) is 5.52. The summed E-state index contributed by atoms with van der Waals surface area (Å²) in [4.78, 5) is 14.3. The number of sulfonamides is 1. The number of carbonyl (C=O) groups excluding carboxylic acids is 1. The maximum absolute atomic E-state index is 12.5. The van der Waals surface area contributed by atoms with Gasteiger partial charge < -0.3 is 9.64 Å². The summed E-state index contributed by atoms with van der Waals surface area (Å²) in [5.74, 6) is 0.677. The molecule has 1 saturated heterocycles. The molecule has 0 aliphatic carbocycles. The lowest BCUT2D eigenvalue weighted by atomic mass is 10.0. The van der Waals surface area contributed by atoms with E-state index < -0.39 is 10.0 Å². The predicted molar refractivity (Wildman–Crippen MR) is 82.2 cm³/mol. The Balaban J connectivity index is 1.70. The first-order valence-corrected chi connectivity index (χ1v) is 9.19. The van der Waals surface area contributed by atoms with Crippen LogP contribution >= 0.6 is 0 Å². The molecule has 0 unspecified atom stereocenters. The fourth-order valence-electron chi connectivity index (χ4n) is 3.16. The van der Waals surface area contributed by atoms with Crippen molar-refractivity contribution in [3.8, 4) is 5.75 Å². The highest BCUT2D eigenvalue weighted by atomic mass is 32.2. The molecule has 2 aliphatic heterocycles. The van der Waals surface area contributed by atoms with Crippen LogP contribution in [0, 0.1) is 5.92 Å². The Kier molecular flexibility index (Phi) is 4.10. The van der Waals surface area contributed by atoms with Gasteiger partial charge in [-0.2, -0.15) is 0 Å². The summed E-state index contributed by atoms with van der Waals surface area (Å²) >= 11 is 0. The van der Waals surface area contributed by atoms with Gasteiger partial charge in [-0.15, -0.1) is 0 Å². The van der Waals surface area contributed by atoms with Gasteiger partial charge in [-0.05, 0) is 48.9 Å². The molecule has 7 heteroatoms. The molecular formula is C15H20N2O4S. The van der Waals surface area contributed by atoms with Crippen LogP contribution in [0.2, 0.25) is 0 Å². The van der Waals surface area contributed by atoms with Gasteiger partial charge in [-0.3, -0.25) is 4.79 Å². The van der Waals surface area contributed by atoms with Crippen LogP contribution in [-0.2, 0) is 16.4 Å². The monoisotopic (exact) mass is 324 g/mol. The molecule has 0 spiro atoms. The highest BCUT2D eigenvalue weighted by Crippen LogP contribution is 2.27. The van der Waals surface area contributed by atoms with Crippen LogP contribution in [0.3, 0.4) is 0 Å². The van der Waals surface area contributed by atoms with Crippen LogP contribution in [0.25, 0.3) is 0 Å². The zero-order valence-electron chi connectivity index (χ0n) is 12.3. The number of fused-ring (bicyclic) bond motifs is 1. The summed E-state index contributed by atoms with van der Waals surface area (Å²) < 4.78 is 27.9. The highest BCUT2D eigenvalue weighted by Gasteiger charge is 2.29. The van der Waals surface area contributed by atoms with Crippen LogP contribution in [0.5, 0.6) is 5.75 Å². The third-order valence-electron chi connectivity index (χ3n) is 4.20. The molecule has 1 aromatic carbocycles. The highest BCUT2D eigenvalue weighted by molar-refractivity contribution is 7.89. The van der Waals surface area contributed by atoms with Crippen molar-refractivity contribution in [1.82, 2.24) is 4.90 Å². The van der Waals surface area contributed by atoms with Gasteiger partial charge in [0.1, 0.15) is 5.75 Å². The Morgan fingerprint density at radius 1 is 1.41 bits per heavy atom. The largest absolute Gasteiger partial charge is 0.493 e. The van der Waals surface area contributed by atoms with E-state index in [0.29, 0.717) is 25.1 Å². The molecule has 0 radical (unpaired) electrons. The van der Waals surface area contributed by atoms with Gasteiger partial charge in [0.05, 0.1) is 12.4 Å². The standard InChI is InChI=1S/C15H20N2O4S/c16-22(19,20)10-11-5-6-17(9-11)15(18)13-3-4-14-12(8-13)2-1-7-21-14/h3-4,8,11H,1-2,5-7,9-10H2,(H2,16,19,20)/t11-/m0/s1. The molecule has 2 aliphatic rings. The van der Waals surface area contributed by atoms with E-state index in [1.807, 2.05) is 12.1 Å². The van der Waals surface area contributed by atoms with E-state index in [0.717, 1.165) is 30.8 Å². The van der Waals surface area contributed by atoms with Gasteiger partial charge in [0.2, 0.25) is 10.0 Å². The first kappa shape index (κ1) is 15.3. The van der Waals surface area contributed by atoms with E-state index in [2.05, 4.69) is 0 Å². The molecule has 2 N–H and O–H groups in total. The van der Waals surface area contributed by atoms with Crippen molar-refractivity contribution in [2.45, 2.75) is 19.3 Å². The fourth-order valence-corrected chi connectivity index (χ4v) is 4.09. The number of hydrogen-bond donors (Lipinski definition) is 1. The molecule has 6 nitrogen and oxygen atoms in total. The second kappa shape index (κ2) is 5.89. The average molecular weight is 324 g/mol. The first-order valence-electron chi connectivity index (χ1n) is 7.48. The van der Waals surface area contributed by atoms with Gasteiger partial charge in [0.25, 0.3) is 5.91 Å². The smallest absolute Gasteiger partial charge is 0.253 e. The number of likely N-dealkylation sites (tertiary alicyclic amines) is 1. The summed E-state index contributed by atoms with van der Waals surface area (Å²) in [5.41, 5.74) is 1.71. The van der Waals surface area contributed by atoms with Crippen molar-refractivity contribution < 1.29 is 17.9 Å². The number of primary sulfonamides is 1. The number of ether oxygens (including phenoxy) is 1. The molecule has 1 aromatic rings. The average Bonchev–Trinajstić information content (AvgIpc) is 2.92. The number of aryl methyl sites for hydroxylation is 1. The lowest BCUT2D eigenvalue weighted by molar-refractivity contribution is 0.0788. The Labute approximate surface area is 130 Å². The molecule has 1 amide bonds. The number of nitrogens with two attached hydrogens (primary N) is 1. The Bertz CT molecular complexity index is 687. The number of amides is 1. The van der Waals surface area contributed by atoms with Crippen molar-refractivity contribution in [2.24, 2.45) is 11.1 Å². The topological polar surface area (TPSA) is 89.7 Å². The van der Waals surface area contributed by atoms with Crippen molar-refractivity contribution in [3.63, 3.8) is 0 Å². The molecule has 120 valence electrons. The number of carbonyl (C=O) groups is 1. The van der Waals surface area contributed by atoms with Crippen LogP contribution in [0.15, 0.2) is 18.2 Å². The third kappa shape index (κ3) is 3.41. The summed E-state index contributed by atoms with van der Waals surface area (Å²) in [6.07, 6.45) is 2.56. The lowest BCUT2D eigenvalue weighted by Crippen LogP contribution is -2.31. The molecule has 0 saturated carbocycles. The number of rotatable bonds is 3. The molecule has 1 atom stereocenters. The van der Waals surface area contributed by atoms with E-state index >= 15 is 0 Å². The Morgan fingerprint density at radius 3 is 3.00 bits per heavy atom. The predicted octanol–water partition coefficient (Wildman–Crippen LogP) is 0.762. The SMILES string of the molecule is NS(=O)(=O)C[C@H]1CCN(C(=O)c2ccc3c(c2)CCCO3)C1. The summed E-state index contributed by atoms with van der Waals surface area (Å²) in [7, 11) is -3.49. The zero-order valence-corrected chi connectivity index (χ0v) is 13.1. The number of nitrogens with zero attached hydrogens (tertiary/aromatic N) is 1. The van der Waals surface area contributed by atoms with E-state index in [4.69, 9.17) is 9.88 Å². The van der Waals surface area contributed by atoms with E-state index in [-0.39, 0.29) is 17.6 Å². The molecule has 22 heavy (non-hydrogen) atoms. The van der Waals surface area contributed by atoms with Gasteiger partial charge in [0, 0.05) is 18.7 Å². The third-order valence-corrected chi connectivity index (χ3v) is 5.13. The summed E-state index contributed by atoms with van der Waals surface area (Å²) in [5, 5.41) is 5.08. The minimum Gasteiger partial charge on any atom is -0.493 e. The van der Waals surface area contributed by atoms with Gasteiger partial charge in [-0.1, -0.05) is 0 Å². The molecule has 0 aromatic heterocycles. The number of hydrogen-bond acceptors (Lipinski definition) is 4. The van der Waals surface area contributed by atoms with Crippen molar-refractivity contribution in [2.75, 3.05) is 25.4 Å². The zero-order chi connectivity index (χ0) is 15.7. The minimum atomic E-state index is -3.49. The quantitative estimate of drug-likeness (QED) is 0.889. The Hall–Kier alpha value is -1.60. The maximum Gasteiger partial charge on any atom is 0.253 e. The van der Waals surface area contributed by atoms with E-state index in [1.165, 1.54) is 0 Å². The fraction of sp³-hybridized carbons (Fsp3) is 0.533. The summed E-state index contributed by atoms with van der Waals surface area (Å²) in [6.45, 7) is 1.75. The van der Waals surface area contributed by atoms with Crippen LogP contribution in [0.4, 0.5) is 0 Å². The normalized spacial score (nSPS) is 21.3. The van der Waals surface area contributed by atoms with Crippen LogP contribution < -0.4 is 9.88 Å². The molecule has 1 fully saturated rings. The first-order chi connectivity index (χ1) is 10.4. The lowest BCUT2D eigenvalue weighted by Gasteiger charge is -2.20. The van der Waals surface area contributed by atoms with E-state index in [1.54, 1.807) is 11.0 Å². The van der Waals surface area contributed by atoms with Crippen LogP contribution in [-0.4, -0.2) is 44.7 Å².